The average Bonchev–Trinajstić information content (AvgIpc) is 2.76. The molecule has 0 N–H and O–H groups in total. The molecule has 2 aromatic carbocycles. The Hall–Kier alpha value is -3.15. The van der Waals surface area contributed by atoms with E-state index in [0.29, 0.717) is 34.7 Å². The Kier molecular flexibility index (Phi) is 6.07. The van der Waals surface area contributed by atoms with Crippen molar-refractivity contribution in [2.24, 2.45) is 5.92 Å². The van der Waals surface area contributed by atoms with Gasteiger partial charge in [0.2, 0.25) is 5.91 Å². The molecule has 0 spiro atoms. The smallest absolute Gasteiger partial charge is 0.266 e. The average molecular weight is 420 g/mol. The molecule has 1 fully saturated rings. The standard InChI is InChI=1S/C25H29N3O3/c1-4-16-27(24(29)18-8-7-9-18)17(2)23-26-22-11-6-5-10-21(22)25(30)28(23)19-12-14-20(31-3)15-13-19/h5-6,10-15,17-18H,4,7-9,16H2,1-3H3. The van der Waals surface area contributed by atoms with Crippen LogP contribution in [-0.2, 0) is 4.79 Å². The van der Waals surface area contributed by atoms with Crippen molar-refractivity contribution in [2.75, 3.05) is 13.7 Å². The number of benzene rings is 2. The van der Waals surface area contributed by atoms with Crippen molar-refractivity contribution in [1.82, 2.24) is 14.5 Å². The molecule has 1 aliphatic rings. The van der Waals surface area contributed by atoms with E-state index in [4.69, 9.17) is 9.72 Å². The van der Waals surface area contributed by atoms with Crippen molar-refractivity contribution in [3.8, 4) is 11.4 Å². The van der Waals surface area contributed by atoms with Gasteiger partial charge in [-0.2, -0.15) is 0 Å². The molecule has 1 heterocycles. The van der Waals surface area contributed by atoms with Crippen molar-refractivity contribution in [2.45, 2.75) is 45.6 Å². The van der Waals surface area contributed by atoms with E-state index in [1.807, 2.05) is 54.3 Å². The van der Waals surface area contributed by atoms with Gasteiger partial charge in [0, 0.05) is 12.5 Å². The van der Waals surface area contributed by atoms with Gasteiger partial charge in [-0.05, 0) is 62.6 Å². The van der Waals surface area contributed by atoms with E-state index in [-0.39, 0.29) is 23.4 Å². The first kappa shape index (κ1) is 21.1. The fourth-order valence-electron chi connectivity index (χ4n) is 4.18. The Balaban J connectivity index is 1.88. The molecule has 3 aromatic rings. The molecule has 31 heavy (non-hydrogen) atoms. The zero-order chi connectivity index (χ0) is 22.0. The first-order chi connectivity index (χ1) is 15.0. The van der Waals surface area contributed by atoms with Gasteiger partial charge in [-0.15, -0.1) is 0 Å². The van der Waals surface area contributed by atoms with Crippen molar-refractivity contribution in [3.05, 3.63) is 64.7 Å². The fraction of sp³-hybridized carbons (Fsp3) is 0.400. The number of hydrogen-bond donors (Lipinski definition) is 0. The van der Waals surface area contributed by atoms with Crippen molar-refractivity contribution in [1.29, 1.82) is 0 Å². The van der Waals surface area contributed by atoms with Crippen LogP contribution >= 0.6 is 0 Å². The van der Waals surface area contributed by atoms with Gasteiger partial charge < -0.3 is 9.64 Å². The summed E-state index contributed by atoms with van der Waals surface area (Å²) in [6.45, 7) is 4.68. The Labute approximate surface area is 182 Å². The minimum absolute atomic E-state index is 0.0932. The molecule has 0 bridgehead atoms. The van der Waals surface area contributed by atoms with Gasteiger partial charge in [-0.3, -0.25) is 14.2 Å². The fourth-order valence-corrected chi connectivity index (χ4v) is 4.18. The lowest BCUT2D eigenvalue weighted by Gasteiger charge is -2.35. The molecule has 4 rings (SSSR count). The summed E-state index contributed by atoms with van der Waals surface area (Å²) in [5.74, 6) is 1.56. The van der Waals surface area contributed by atoms with E-state index in [0.717, 1.165) is 25.7 Å². The summed E-state index contributed by atoms with van der Waals surface area (Å²) in [7, 11) is 1.61. The molecule has 1 aliphatic carbocycles. The summed E-state index contributed by atoms with van der Waals surface area (Å²) >= 11 is 0. The molecule has 0 saturated heterocycles. The Morgan fingerprint density at radius 1 is 1.19 bits per heavy atom. The van der Waals surface area contributed by atoms with Crippen LogP contribution in [0.2, 0.25) is 0 Å². The van der Waals surface area contributed by atoms with Crippen LogP contribution in [0.1, 0.15) is 51.4 Å². The summed E-state index contributed by atoms with van der Waals surface area (Å²) < 4.78 is 6.92. The normalized spacial score (nSPS) is 14.8. The van der Waals surface area contributed by atoms with Gasteiger partial charge in [0.25, 0.3) is 5.56 Å². The third-order valence-electron chi connectivity index (χ3n) is 6.18. The molecule has 1 saturated carbocycles. The number of rotatable bonds is 7. The zero-order valence-corrected chi connectivity index (χ0v) is 18.4. The highest BCUT2D eigenvalue weighted by molar-refractivity contribution is 5.80. The number of hydrogen-bond acceptors (Lipinski definition) is 4. The van der Waals surface area contributed by atoms with E-state index in [1.165, 1.54) is 0 Å². The van der Waals surface area contributed by atoms with Crippen LogP contribution < -0.4 is 10.3 Å². The largest absolute Gasteiger partial charge is 0.497 e. The molecule has 1 amide bonds. The lowest BCUT2D eigenvalue weighted by Crippen LogP contribution is -2.42. The van der Waals surface area contributed by atoms with Crippen LogP contribution in [-0.4, -0.2) is 34.0 Å². The molecule has 1 unspecified atom stereocenters. The predicted octanol–water partition coefficient (Wildman–Crippen LogP) is 4.49. The zero-order valence-electron chi connectivity index (χ0n) is 18.4. The molecule has 1 atom stereocenters. The number of carbonyl (C=O) groups is 1. The first-order valence-electron chi connectivity index (χ1n) is 11.0. The molecule has 6 nitrogen and oxygen atoms in total. The molecule has 0 radical (unpaired) electrons. The molecule has 162 valence electrons. The van der Waals surface area contributed by atoms with Crippen LogP contribution in [0.5, 0.6) is 5.75 Å². The van der Waals surface area contributed by atoms with E-state index in [1.54, 1.807) is 17.7 Å². The van der Waals surface area contributed by atoms with Gasteiger partial charge in [-0.25, -0.2) is 4.98 Å². The van der Waals surface area contributed by atoms with Crippen LogP contribution in [0.4, 0.5) is 0 Å². The number of carbonyl (C=O) groups excluding carboxylic acids is 1. The highest BCUT2D eigenvalue weighted by Gasteiger charge is 2.33. The van der Waals surface area contributed by atoms with E-state index < -0.39 is 0 Å². The van der Waals surface area contributed by atoms with E-state index in [9.17, 15) is 9.59 Å². The summed E-state index contributed by atoms with van der Waals surface area (Å²) in [5, 5.41) is 0.557. The monoisotopic (exact) mass is 419 g/mol. The number of amides is 1. The van der Waals surface area contributed by atoms with Gasteiger partial charge in [0.1, 0.15) is 11.6 Å². The minimum atomic E-state index is -0.326. The summed E-state index contributed by atoms with van der Waals surface area (Å²) in [6.07, 6.45) is 3.85. The van der Waals surface area contributed by atoms with Gasteiger partial charge >= 0.3 is 0 Å². The third-order valence-corrected chi connectivity index (χ3v) is 6.18. The highest BCUT2D eigenvalue weighted by atomic mass is 16.5. The predicted molar refractivity (Wildman–Crippen MR) is 122 cm³/mol. The topological polar surface area (TPSA) is 64.4 Å². The SMILES string of the molecule is CCCN(C(=O)C1CCC1)C(C)c1nc2ccccc2c(=O)n1-c1ccc(OC)cc1. The van der Waals surface area contributed by atoms with Gasteiger partial charge in [-0.1, -0.05) is 25.5 Å². The number of methoxy groups -OCH3 is 1. The van der Waals surface area contributed by atoms with Crippen LogP contribution in [0, 0.1) is 5.92 Å². The van der Waals surface area contributed by atoms with Crippen LogP contribution in [0.15, 0.2) is 53.3 Å². The summed E-state index contributed by atoms with van der Waals surface area (Å²) in [4.78, 5) is 33.5. The van der Waals surface area contributed by atoms with Crippen molar-refractivity contribution in [3.63, 3.8) is 0 Å². The van der Waals surface area contributed by atoms with Crippen molar-refractivity contribution >= 4 is 16.8 Å². The molecule has 0 aliphatic heterocycles. The first-order valence-corrected chi connectivity index (χ1v) is 11.0. The van der Waals surface area contributed by atoms with Gasteiger partial charge in [0.15, 0.2) is 0 Å². The second-order valence-electron chi connectivity index (χ2n) is 8.16. The lowest BCUT2D eigenvalue weighted by atomic mass is 9.84. The van der Waals surface area contributed by atoms with E-state index in [2.05, 4.69) is 6.92 Å². The molecular formula is C25H29N3O3. The van der Waals surface area contributed by atoms with Gasteiger partial charge in [0.05, 0.1) is 29.7 Å². The Bertz CT molecular complexity index is 1130. The summed E-state index contributed by atoms with van der Waals surface area (Å²) in [6, 6.07) is 14.4. The van der Waals surface area contributed by atoms with E-state index >= 15 is 0 Å². The minimum Gasteiger partial charge on any atom is -0.497 e. The second kappa shape index (κ2) is 8.92. The number of ether oxygens (including phenoxy) is 1. The maximum Gasteiger partial charge on any atom is 0.266 e. The second-order valence-corrected chi connectivity index (χ2v) is 8.16. The number of para-hydroxylation sites is 1. The molecular weight excluding hydrogens is 390 g/mol. The highest BCUT2D eigenvalue weighted by Crippen LogP contribution is 2.32. The number of fused-ring (bicyclic) bond motifs is 1. The maximum absolute atomic E-state index is 13.5. The lowest BCUT2D eigenvalue weighted by molar-refractivity contribution is -0.140. The van der Waals surface area contributed by atoms with Crippen LogP contribution in [0.25, 0.3) is 16.6 Å². The molecule has 6 heteroatoms. The quantitative estimate of drug-likeness (QED) is 0.566. The Morgan fingerprint density at radius 3 is 2.52 bits per heavy atom. The van der Waals surface area contributed by atoms with Crippen LogP contribution in [0.3, 0.4) is 0 Å². The maximum atomic E-state index is 13.5. The molecule has 1 aromatic heterocycles. The van der Waals surface area contributed by atoms with Crippen molar-refractivity contribution < 1.29 is 9.53 Å². The number of nitrogens with zero attached hydrogens (tertiary/aromatic N) is 3. The Morgan fingerprint density at radius 2 is 1.90 bits per heavy atom. The third kappa shape index (κ3) is 3.94. The summed E-state index contributed by atoms with van der Waals surface area (Å²) in [5.41, 5.74) is 1.22. The number of aromatic nitrogens is 2.